The lowest BCUT2D eigenvalue weighted by Crippen LogP contribution is -2.57. The fraction of sp³-hybridized carbons (Fsp3) is 0.577. The normalized spacial score (nSPS) is 22.4. The second-order valence-electron chi connectivity index (χ2n) is 10.5. The quantitative estimate of drug-likeness (QED) is 0.658. The Hall–Kier alpha value is -3.21. The summed E-state index contributed by atoms with van der Waals surface area (Å²) in [5, 5.41) is 10.1. The van der Waals surface area contributed by atoms with Crippen molar-refractivity contribution in [3.63, 3.8) is 0 Å². The van der Waals surface area contributed by atoms with Gasteiger partial charge in [0.2, 0.25) is 11.9 Å². The largest absolute Gasteiger partial charge is 0.352 e. The molecule has 4 fully saturated rings. The summed E-state index contributed by atoms with van der Waals surface area (Å²) in [4.78, 5) is 33.4. The Morgan fingerprint density at radius 2 is 1.91 bits per heavy atom. The highest BCUT2D eigenvalue weighted by Crippen LogP contribution is 2.45. The van der Waals surface area contributed by atoms with E-state index in [9.17, 15) is 10.1 Å². The van der Waals surface area contributed by atoms with Crippen molar-refractivity contribution in [3.05, 3.63) is 29.6 Å². The van der Waals surface area contributed by atoms with Crippen LogP contribution in [-0.4, -0.2) is 65.5 Å². The number of carbonyl (C=O) groups excluding carboxylic acids is 1. The number of nitriles is 1. The van der Waals surface area contributed by atoms with E-state index in [0.717, 1.165) is 68.1 Å². The molecule has 0 spiro atoms. The summed E-state index contributed by atoms with van der Waals surface area (Å²) in [7, 11) is 3.85. The van der Waals surface area contributed by atoms with Gasteiger partial charge < -0.3 is 14.7 Å². The fourth-order valence-corrected chi connectivity index (χ4v) is 5.15. The summed E-state index contributed by atoms with van der Waals surface area (Å²) < 4.78 is 0. The van der Waals surface area contributed by atoms with Crippen molar-refractivity contribution >= 4 is 17.7 Å². The molecule has 176 valence electrons. The van der Waals surface area contributed by atoms with Crippen LogP contribution in [0.2, 0.25) is 0 Å². The molecule has 1 saturated heterocycles. The molecule has 6 rings (SSSR count). The van der Waals surface area contributed by atoms with E-state index in [4.69, 9.17) is 9.97 Å². The average molecular weight is 458 g/mol. The van der Waals surface area contributed by atoms with Gasteiger partial charge in [-0.1, -0.05) is 0 Å². The molecule has 3 heterocycles. The highest BCUT2D eigenvalue weighted by atomic mass is 16.2. The van der Waals surface area contributed by atoms with Crippen molar-refractivity contribution in [2.75, 3.05) is 43.5 Å². The Morgan fingerprint density at radius 1 is 1.12 bits per heavy atom. The van der Waals surface area contributed by atoms with Gasteiger partial charge in [-0.25, -0.2) is 15.0 Å². The van der Waals surface area contributed by atoms with E-state index in [1.54, 1.807) is 6.20 Å². The molecule has 8 nitrogen and oxygen atoms in total. The van der Waals surface area contributed by atoms with E-state index >= 15 is 0 Å². The molecule has 34 heavy (non-hydrogen) atoms. The third kappa shape index (κ3) is 3.97. The van der Waals surface area contributed by atoms with Crippen LogP contribution < -0.4 is 9.80 Å². The minimum Gasteiger partial charge on any atom is -0.352 e. The average Bonchev–Trinajstić information content (AvgIpc) is 3.73. The van der Waals surface area contributed by atoms with Crippen molar-refractivity contribution in [1.29, 1.82) is 5.26 Å². The van der Waals surface area contributed by atoms with Crippen LogP contribution in [0, 0.1) is 23.2 Å². The Morgan fingerprint density at radius 3 is 2.56 bits per heavy atom. The number of piperazine rings is 1. The summed E-state index contributed by atoms with van der Waals surface area (Å²) >= 11 is 0. The molecule has 8 heteroatoms. The lowest BCUT2D eigenvalue weighted by molar-refractivity contribution is -0.135. The maximum Gasteiger partial charge on any atom is 0.226 e. The number of nitrogens with zero attached hydrogens (tertiary/aromatic N) is 7. The number of aromatic nitrogens is 3. The number of amides is 1. The number of hydrogen-bond donors (Lipinski definition) is 0. The molecule has 1 aliphatic heterocycles. The minimum atomic E-state index is 0.240. The number of rotatable bonds is 6. The lowest BCUT2D eigenvalue weighted by atomic mass is 10.0. The van der Waals surface area contributed by atoms with Gasteiger partial charge >= 0.3 is 0 Å². The molecule has 2 aromatic rings. The highest BCUT2D eigenvalue weighted by molar-refractivity contribution is 5.82. The first kappa shape index (κ1) is 21.3. The molecule has 1 atom stereocenters. The molecule has 3 aliphatic carbocycles. The first-order chi connectivity index (χ1) is 16.5. The van der Waals surface area contributed by atoms with E-state index in [2.05, 4.69) is 20.9 Å². The van der Waals surface area contributed by atoms with Gasteiger partial charge in [0.15, 0.2) is 0 Å². The van der Waals surface area contributed by atoms with Crippen molar-refractivity contribution in [2.24, 2.45) is 11.8 Å². The summed E-state index contributed by atoms with van der Waals surface area (Å²) in [6.45, 7) is 2.22. The predicted octanol–water partition coefficient (Wildman–Crippen LogP) is 3.19. The van der Waals surface area contributed by atoms with Gasteiger partial charge in [0, 0.05) is 57.3 Å². The van der Waals surface area contributed by atoms with Crippen LogP contribution in [0.15, 0.2) is 18.3 Å². The van der Waals surface area contributed by atoms with Crippen LogP contribution in [-0.2, 0) is 4.79 Å². The standard InChI is InChI=1S/C26H31N7O/c1-31(2)26-28-10-9-21(29-26)20-13-19(14-27)24(30-23(20)17-5-6-17)32-11-12-33(25(34)18-7-8-18)22(15-32)16-3-4-16/h9-10,13,16-18,22H,3-8,11-12,15H2,1-2H3/t22-/m0/s1. The Balaban J connectivity index is 1.35. The maximum absolute atomic E-state index is 12.9. The van der Waals surface area contributed by atoms with Gasteiger partial charge in [0.25, 0.3) is 0 Å². The Kier molecular flexibility index (Phi) is 5.16. The van der Waals surface area contributed by atoms with Crippen molar-refractivity contribution < 1.29 is 4.79 Å². The first-order valence-electron chi connectivity index (χ1n) is 12.5. The maximum atomic E-state index is 12.9. The number of pyridine rings is 1. The third-order valence-corrected chi connectivity index (χ3v) is 7.53. The van der Waals surface area contributed by atoms with Crippen molar-refractivity contribution in [3.8, 4) is 17.3 Å². The van der Waals surface area contributed by atoms with Crippen LogP contribution in [0.1, 0.15) is 55.7 Å². The molecule has 4 aliphatic rings. The zero-order valence-electron chi connectivity index (χ0n) is 19.9. The topological polar surface area (TPSA) is 89.3 Å². The molecular formula is C26H31N7O. The highest BCUT2D eigenvalue weighted by Gasteiger charge is 2.45. The molecule has 0 unspecified atom stereocenters. The van der Waals surface area contributed by atoms with Gasteiger partial charge in [-0.3, -0.25) is 4.79 Å². The molecular weight excluding hydrogens is 426 g/mol. The van der Waals surface area contributed by atoms with Crippen LogP contribution in [0.25, 0.3) is 11.3 Å². The van der Waals surface area contributed by atoms with E-state index in [1.807, 2.05) is 31.1 Å². The van der Waals surface area contributed by atoms with Gasteiger partial charge in [-0.15, -0.1) is 0 Å². The van der Waals surface area contributed by atoms with E-state index in [1.165, 1.54) is 12.8 Å². The molecule has 0 N–H and O–H groups in total. The monoisotopic (exact) mass is 457 g/mol. The van der Waals surface area contributed by atoms with Crippen LogP contribution in [0.3, 0.4) is 0 Å². The van der Waals surface area contributed by atoms with Crippen LogP contribution in [0.5, 0.6) is 0 Å². The lowest BCUT2D eigenvalue weighted by Gasteiger charge is -2.43. The van der Waals surface area contributed by atoms with Crippen LogP contribution >= 0.6 is 0 Å². The van der Waals surface area contributed by atoms with Gasteiger partial charge in [-0.2, -0.15) is 5.26 Å². The molecule has 0 aromatic carbocycles. The van der Waals surface area contributed by atoms with Gasteiger partial charge in [0.05, 0.1) is 23.0 Å². The summed E-state index contributed by atoms with van der Waals surface area (Å²) in [5.41, 5.74) is 3.37. The van der Waals surface area contributed by atoms with Crippen molar-refractivity contribution in [1.82, 2.24) is 19.9 Å². The number of anilines is 2. The second kappa shape index (κ2) is 8.23. The van der Waals surface area contributed by atoms with E-state index < -0.39 is 0 Å². The first-order valence-corrected chi connectivity index (χ1v) is 12.5. The van der Waals surface area contributed by atoms with Gasteiger partial charge in [0.1, 0.15) is 11.9 Å². The molecule has 3 saturated carbocycles. The summed E-state index contributed by atoms with van der Waals surface area (Å²) in [6, 6.07) is 6.53. The third-order valence-electron chi connectivity index (χ3n) is 7.53. The smallest absolute Gasteiger partial charge is 0.226 e. The zero-order chi connectivity index (χ0) is 23.4. The van der Waals surface area contributed by atoms with Gasteiger partial charge in [-0.05, 0) is 56.6 Å². The molecule has 0 radical (unpaired) electrons. The number of carbonyl (C=O) groups is 1. The minimum absolute atomic E-state index is 0.240. The number of hydrogen-bond acceptors (Lipinski definition) is 7. The second-order valence-corrected chi connectivity index (χ2v) is 10.5. The zero-order valence-corrected chi connectivity index (χ0v) is 19.9. The predicted molar refractivity (Wildman–Crippen MR) is 129 cm³/mol. The summed E-state index contributed by atoms with van der Waals surface area (Å²) in [6.07, 6.45) is 8.48. The Bertz CT molecular complexity index is 1160. The summed E-state index contributed by atoms with van der Waals surface area (Å²) in [5.74, 6) is 3.02. The van der Waals surface area contributed by atoms with E-state index in [0.29, 0.717) is 29.3 Å². The molecule has 2 aromatic heterocycles. The van der Waals surface area contributed by atoms with Crippen molar-refractivity contribution in [2.45, 2.75) is 50.5 Å². The molecule has 0 bridgehead atoms. The molecule has 1 amide bonds. The SMILES string of the molecule is CN(C)c1nccc(-c2cc(C#N)c(N3CCN(C(=O)C4CC4)[C@H](C4CC4)C3)nc2C2CC2)n1. The van der Waals surface area contributed by atoms with E-state index in [-0.39, 0.29) is 12.0 Å². The fourth-order valence-electron chi connectivity index (χ4n) is 5.15. The Labute approximate surface area is 200 Å². The van der Waals surface area contributed by atoms with Crippen LogP contribution in [0.4, 0.5) is 11.8 Å².